The van der Waals surface area contributed by atoms with Crippen molar-refractivity contribution in [2.45, 2.75) is 26.3 Å². The summed E-state index contributed by atoms with van der Waals surface area (Å²) >= 11 is 0. The quantitative estimate of drug-likeness (QED) is 0.817. The van der Waals surface area contributed by atoms with Gasteiger partial charge in [-0.2, -0.15) is 5.26 Å². The van der Waals surface area contributed by atoms with E-state index >= 15 is 0 Å². The number of nitrogens with zero attached hydrogens (tertiary/aromatic N) is 2. The summed E-state index contributed by atoms with van der Waals surface area (Å²) in [6.45, 7) is 5.33. The average molecular weight is 233 g/mol. The van der Waals surface area contributed by atoms with Crippen LogP contribution in [0.3, 0.4) is 0 Å². The molecule has 1 rings (SSSR count). The third-order valence-electron chi connectivity index (χ3n) is 2.74. The zero-order chi connectivity index (χ0) is 12.8. The van der Waals surface area contributed by atoms with Crippen molar-refractivity contribution in [2.75, 3.05) is 18.0 Å². The standard InChI is InChI=1S/C13H19N3O/c1-3-16(8-4-7-14)11-5-6-12(10(2)15)13(17)9-11/h5-6,9-10,17H,3-4,8,15H2,1-2H3. The molecule has 1 atom stereocenters. The lowest BCUT2D eigenvalue weighted by Gasteiger charge is -2.23. The van der Waals surface area contributed by atoms with Gasteiger partial charge in [-0.15, -0.1) is 0 Å². The fourth-order valence-corrected chi connectivity index (χ4v) is 1.77. The molecule has 4 heteroatoms. The van der Waals surface area contributed by atoms with Crippen LogP contribution in [0, 0.1) is 11.3 Å². The number of benzene rings is 1. The lowest BCUT2D eigenvalue weighted by molar-refractivity contribution is 0.463. The fraction of sp³-hybridized carbons (Fsp3) is 0.462. The van der Waals surface area contributed by atoms with Gasteiger partial charge in [0.25, 0.3) is 0 Å². The van der Waals surface area contributed by atoms with Crippen molar-refractivity contribution in [3.63, 3.8) is 0 Å². The number of phenolic OH excluding ortho intramolecular Hbond substituents is 1. The van der Waals surface area contributed by atoms with Crippen molar-refractivity contribution >= 4 is 5.69 Å². The first-order valence-corrected chi connectivity index (χ1v) is 5.80. The Morgan fingerprint density at radius 1 is 1.53 bits per heavy atom. The van der Waals surface area contributed by atoms with E-state index in [-0.39, 0.29) is 11.8 Å². The summed E-state index contributed by atoms with van der Waals surface area (Å²) in [4.78, 5) is 2.05. The molecular formula is C13H19N3O. The van der Waals surface area contributed by atoms with Gasteiger partial charge in [0.2, 0.25) is 0 Å². The van der Waals surface area contributed by atoms with E-state index < -0.39 is 0 Å². The Labute approximate surface area is 102 Å². The monoisotopic (exact) mass is 233 g/mol. The molecule has 0 aliphatic rings. The van der Waals surface area contributed by atoms with E-state index in [9.17, 15) is 5.11 Å². The van der Waals surface area contributed by atoms with Crippen LogP contribution >= 0.6 is 0 Å². The number of hydrogen-bond acceptors (Lipinski definition) is 4. The molecule has 0 amide bonds. The smallest absolute Gasteiger partial charge is 0.122 e. The number of hydrogen-bond donors (Lipinski definition) is 2. The van der Waals surface area contributed by atoms with Gasteiger partial charge in [0.1, 0.15) is 5.75 Å². The Morgan fingerprint density at radius 3 is 2.71 bits per heavy atom. The van der Waals surface area contributed by atoms with E-state index in [2.05, 4.69) is 6.07 Å². The van der Waals surface area contributed by atoms with E-state index in [1.807, 2.05) is 30.9 Å². The first-order valence-electron chi connectivity index (χ1n) is 5.80. The number of phenols is 1. The Balaban J connectivity index is 2.91. The lowest BCUT2D eigenvalue weighted by atomic mass is 10.1. The summed E-state index contributed by atoms with van der Waals surface area (Å²) in [5.41, 5.74) is 7.40. The van der Waals surface area contributed by atoms with Crippen molar-refractivity contribution in [1.29, 1.82) is 5.26 Å². The van der Waals surface area contributed by atoms with Gasteiger partial charge in [0.05, 0.1) is 12.5 Å². The van der Waals surface area contributed by atoms with Gasteiger partial charge < -0.3 is 15.7 Å². The highest BCUT2D eigenvalue weighted by Crippen LogP contribution is 2.28. The minimum Gasteiger partial charge on any atom is -0.508 e. The van der Waals surface area contributed by atoms with Crippen LogP contribution in [-0.2, 0) is 0 Å². The van der Waals surface area contributed by atoms with Crippen LogP contribution in [0.15, 0.2) is 18.2 Å². The third kappa shape index (κ3) is 3.36. The molecule has 0 bridgehead atoms. The second-order valence-corrected chi connectivity index (χ2v) is 4.02. The minimum atomic E-state index is -0.182. The molecule has 0 saturated heterocycles. The molecule has 0 heterocycles. The summed E-state index contributed by atoms with van der Waals surface area (Å²) < 4.78 is 0. The molecule has 17 heavy (non-hydrogen) atoms. The van der Waals surface area contributed by atoms with Crippen LogP contribution < -0.4 is 10.6 Å². The first-order chi connectivity index (χ1) is 8.10. The van der Waals surface area contributed by atoms with Crippen molar-refractivity contribution in [3.8, 4) is 11.8 Å². The Hall–Kier alpha value is -1.73. The van der Waals surface area contributed by atoms with Gasteiger partial charge in [-0.05, 0) is 19.9 Å². The topological polar surface area (TPSA) is 73.3 Å². The van der Waals surface area contributed by atoms with Gasteiger partial charge >= 0.3 is 0 Å². The Bertz CT molecular complexity index is 410. The lowest BCUT2D eigenvalue weighted by Crippen LogP contribution is -2.23. The number of rotatable bonds is 5. The number of aromatic hydroxyl groups is 1. The molecule has 0 aromatic heterocycles. The molecule has 1 unspecified atom stereocenters. The molecule has 0 saturated carbocycles. The van der Waals surface area contributed by atoms with E-state index in [0.717, 1.165) is 17.8 Å². The van der Waals surface area contributed by atoms with E-state index in [4.69, 9.17) is 11.0 Å². The molecule has 92 valence electrons. The van der Waals surface area contributed by atoms with Crippen molar-refractivity contribution in [2.24, 2.45) is 5.73 Å². The maximum absolute atomic E-state index is 9.86. The highest BCUT2D eigenvalue weighted by Gasteiger charge is 2.10. The Morgan fingerprint density at radius 2 is 2.24 bits per heavy atom. The molecule has 0 fully saturated rings. The molecule has 0 radical (unpaired) electrons. The average Bonchev–Trinajstić information content (AvgIpc) is 2.29. The molecule has 4 nitrogen and oxygen atoms in total. The number of nitriles is 1. The van der Waals surface area contributed by atoms with Gasteiger partial charge in [-0.25, -0.2) is 0 Å². The largest absolute Gasteiger partial charge is 0.508 e. The van der Waals surface area contributed by atoms with Crippen LogP contribution in [-0.4, -0.2) is 18.2 Å². The van der Waals surface area contributed by atoms with Crippen LogP contribution in [0.4, 0.5) is 5.69 Å². The van der Waals surface area contributed by atoms with Gasteiger partial charge in [-0.3, -0.25) is 0 Å². The van der Waals surface area contributed by atoms with Gasteiger partial charge in [0.15, 0.2) is 0 Å². The van der Waals surface area contributed by atoms with E-state index in [1.165, 1.54) is 0 Å². The van der Waals surface area contributed by atoms with Crippen molar-refractivity contribution in [3.05, 3.63) is 23.8 Å². The zero-order valence-electron chi connectivity index (χ0n) is 10.3. The van der Waals surface area contributed by atoms with E-state index in [0.29, 0.717) is 13.0 Å². The van der Waals surface area contributed by atoms with Crippen molar-refractivity contribution < 1.29 is 5.11 Å². The normalized spacial score (nSPS) is 11.9. The highest BCUT2D eigenvalue weighted by atomic mass is 16.3. The first kappa shape index (κ1) is 13.3. The number of anilines is 1. The molecule has 1 aromatic rings. The molecular weight excluding hydrogens is 214 g/mol. The molecule has 3 N–H and O–H groups in total. The second-order valence-electron chi connectivity index (χ2n) is 4.02. The van der Waals surface area contributed by atoms with Gasteiger partial charge in [-0.1, -0.05) is 6.07 Å². The summed E-state index contributed by atoms with van der Waals surface area (Å²) in [6, 6.07) is 7.42. The Kier molecular flexibility index (Phi) is 4.80. The maximum atomic E-state index is 9.86. The summed E-state index contributed by atoms with van der Waals surface area (Å²) in [5, 5.41) is 18.4. The van der Waals surface area contributed by atoms with Crippen molar-refractivity contribution in [1.82, 2.24) is 0 Å². The van der Waals surface area contributed by atoms with Crippen LogP contribution in [0.1, 0.15) is 31.9 Å². The minimum absolute atomic E-state index is 0.182. The predicted molar refractivity (Wildman–Crippen MR) is 68.8 cm³/mol. The van der Waals surface area contributed by atoms with Crippen LogP contribution in [0.2, 0.25) is 0 Å². The highest BCUT2D eigenvalue weighted by molar-refractivity contribution is 5.54. The third-order valence-corrected chi connectivity index (χ3v) is 2.74. The van der Waals surface area contributed by atoms with E-state index in [1.54, 1.807) is 6.07 Å². The number of nitrogens with two attached hydrogens (primary N) is 1. The summed E-state index contributed by atoms with van der Waals surface area (Å²) in [6.07, 6.45) is 0.476. The summed E-state index contributed by atoms with van der Waals surface area (Å²) in [7, 11) is 0. The van der Waals surface area contributed by atoms with Gasteiger partial charge in [0, 0.05) is 36.4 Å². The predicted octanol–water partition coefficient (Wildman–Crippen LogP) is 2.15. The van der Waals surface area contributed by atoms with Crippen LogP contribution in [0.5, 0.6) is 5.75 Å². The van der Waals surface area contributed by atoms with Crippen LogP contribution in [0.25, 0.3) is 0 Å². The maximum Gasteiger partial charge on any atom is 0.122 e. The SMILES string of the molecule is CCN(CCC#N)c1ccc(C(C)N)c(O)c1. The zero-order valence-corrected chi connectivity index (χ0v) is 10.3. The second kappa shape index (κ2) is 6.12. The summed E-state index contributed by atoms with van der Waals surface area (Å²) in [5.74, 6) is 0.216. The molecule has 0 aliphatic carbocycles. The molecule has 1 aromatic carbocycles. The molecule has 0 aliphatic heterocycles. The molecule has 0 spiro atoms. The fourth-order valence-electron chi connectivity index (χ4n) is 1.77.